The van der Waals surface area contributed by atoms with E-state index in [0.29, 0.717) is 0 Å². The van der Waals surface area contributed by atoms with E-state index in [1.54, 1.807) is 0 Å². The maximum absolute atomic E-state index is 10.6. The Morgan fingerprint density at radius 1 is 1.07 bits per heavy atom. The molecule has 0 amide bonds. The first-order valence-corrected chi connectivity index (χ1v) is 5.71. The van der Waals surface area contributed by atoms with Crippen molar-refractivity contribution in [3.05, 3.63) is 35.4 Å². The third-order valence-electron chi connectivity index (χ3n) is 3.58. The Morgan fingerprint density at radius 3 is 2.13 bits per heavy atom. The monoisotopic (exact) mass is 204 g/mol. The highest BCUT2D eigenvalue weighted by Gasteiger charge is 2.42. The highest BCUT2D eigenvalue weighted by atomic mass is 16.3. The van der Waals surface area contributed by atoms with Crippen molar-refractivity contribution in [1.29, 1.82) is 0 Å². The standard InChI is InChI=1S/C14H20O/c1-11-4-6-12(7-5-11)14(15)9-8-13(2,3)10-14/h4-7,15H,8-10H2,1-3H3. The molecule has 0 heterocycles. The summed E-state index contributed by atoms with van der Waals surface area (Å²) >= 11 is 0. The molecule has 0 saturated heterocycles. The third kappa shape index (κ3) is 2.07. The van der Waals surface area contributed by atoms with Crippen LogP contribution in [0.4, 0.5) is 0 Å². The first-order chi connectivity index (χ1) is 6.91. The molecule has 0 bridgehead atoms. The van der Waals surface area contributed by atoms with Crippen LogP contribution in [0.15, 0.2) is 24.3 Å². The molecule has 1 heteroatoms. The molecule has 0 radical (unpaired) electrons. The Balaban J connectivity index is 2.27. The summed E-state index contributed by atoms with van der Waals surface area (Å²) in [5.41, 5.74) is 2.02. The predicted molar refractivity (Wildman–Crippen MR) is 62.7 cm³/mol. The molecule has 2 rings (SSSR count). The third-order valence-corrected chi connectivity index (χ3v) is 3.58. The molecule has 0 aliphatic heterocycles. The van der Waals surface area contributed by atoms with Gasteiger partial charge in [-0.3, -0.25) is 0 Å². The first kappa shape index (κ1) is 10.7. The van der Waals surface area contributed by atoms with Gasteiger partial charge in [-0.2, -0.15) is 0 Å². The molecule has 1 aromatic carbocycles. The maximum Gasteiger partial charge on any atom is 0.0901 e. The van der Waals surface area contributed by atoms with Gasteiger partial charge in [-0.1, -0.05) is 43.7 Å². The van der Waals surface area contributed by atoms with Gasteiger partial charge in [0.2, 0.25) is 0 Å². The topological polar surface area (TPSA) is 20.2 Å². The predicted octanol–water partition coefficient (Wildman–Crippen LogP) is 3.39. The van der Waals surface area contributed by atoms with E-state index in [0.717, 1.165) is 24.8 Å². The molecule has 1 aliphatic rings. The fourth-order valence-electron chi connectivity index (χ4n) is 2.62. The van der Waals surface area contributed by atoms with Gasteiger partial charge in [0.15, 0.2) is 0 Å². The highest BCUT2D eigenvalue weighted by molar-refractivity contribution is 5.27. The molecule has 0 aromatic heterocycles. The van der Waals surface area contributed by atoms with Crippen molar-refractivity contribution >= 4 is 0 Å². The molecule has 1 unspecified atom stereocenters. The second-order valence-corrected chi connectivity index (χ2v) is 5.74. The maximum atomic E-state index is 10.6. The van der Waals surface area contributed by atoms with Gasteiger partial charge in [-0.05, 0) is 37.2 Å². The summed E-state index contributed by atoms with van der Waals surface area (Å²) < 4.78 is 0. The van der Waals surface area contributed by atoms with Gasteiger partial charge < -0.3 is 5.11 Å². The van der Waals surface area contributed by atoms with Crippen LogP contribution in [0.25, 0.3) is 0 Å². The highest BCUT2D eigenvalue weighted by Crippen LogP contribution is 2.48. The molecular formula is C14H20O. The van der Waals surface area contributed by atoms with E-state index >= 15 is 0 Å². The summed E-state index contributed by atoms with van der Waals surface area (Å²) in [5.74, 6) is 0. The van der Waals surface area contributed by atoms with E-state index in [1.807, 2.05) is 0 Å². The smallest absolute Gasteiger partial charge is 0.0901 e. The van der Waals surface area contributed by atoms with Crippen LogP contribution >= 0.6 is 0 Å². The van der Waals surface area contributed by atoms with Gasteiger partial charge >= 0.3 is 0 Å². The summed E-state index contributed by atoms with van der Waals surface area (Å²) in [6, 6.07) is 8.30. The molecule has 1 N–H and O–H groups in total. The zero-order valence-electron chi connectivity index (χ0n) is 9.88. The second kappa shape index (κ2) is 3.34. The Hall–Kier alpha value is -0.820. The van der Waals surface area contributed by atoms with E-state index < -0.39 is 5.60 Å². The lowest BCUT2D eigenvalue weighted by molar-refractivity contribution is 0.0338. The van der Waals surface area contributed by atoms with Gasteiger partial charge in [0.05, 0.1) is 5.60 Å². The van der Waals surface area contributed by atoms with Crippen LogP contribution in [0.5, 0.6) is 0 Å². The fourth-order valence-corrected chi connectivity index (χ4v) is 2.62. The van der Waals surface area contributed by atoms with E-state index in [4.69, 9.17) is 0 Å². The Labute approximate surface area is 92.1 Å². The summed E-state index contributed by atoms with van der Waals surface area (Å²) in [4.78, 5) is 0. The molecule has 0 spiro atoms. The molecule has 82 valence electrons. The van der Waals surface area contributed by atoms with E-state index in [1.165, 1.54) is 5.56 Å². The zero-order chi connectivity index (χ0) is 11.1. The van der Waals surface area contributed by atoms with Gasteiger partial charge in [0.1, 0.15) is 0 Å². The van der Waals surface area contributed by atoms with Gasteiger partial charge in [-0.15, -0.1) is 0 Å². The van der Waals surface area contributed by atoms with Crippen LogP contribution in [0, 0.1) is 12.3 Å². The SMILES string of the molecule is Cc1ccc(C2(O)CCC(C)(C)C2)cc1. The lowest BCUT2D eigenvalue weighted by Gasteiger charge is -2.25. The van der Waals surface area contributed by atoms with Crippen LogP contribution in [-0.4, -0.2) is 5.11 Å². The van der Waals surface area contributed by atoms with Crippen molar-refractivity contribution in [3.63, 3.8) is 0 Å². The minimum Gasteiger partial charge on any atom is -0.385 e. The Bertz CT molecular complexity index is 350. The molecule has 15 heavy (non-hydrogen) atoms. The average molecular weight is 204 g/mol. The van der Waals surface area contributed by atoms with E-state index in [9.17, 15) is 5.11 Å². The summed E-state index contributed by atoms with van der Waals surface area (Å²) in [7, 11) is 0. The number of hydrogen-bond acceptors (Lipinski definition) is 1. The average Bonchev–Trinajstić information content (AvgIpc) is 2.43. The minimum absolute atomic E-state index is 0.277. The van der Waals surface area contributed by atoms with Gasteiger partial charge in [0, 0.05) is 0 Å². The van der Waals surface area contributed by atoms with Crippen molar-refractivity contribution in [2.24, 2.45) is 5.41 Å². The lowest BCUT2D eigenvalue weighted by atomic mass is 9.86. The molecule has 1 aromatic rings. The largest absolute Gasteiger partial charge is 0.385 e. The van der Waals surface area contributed by atoms with Crippen LogP contribution in [0.1, 0.15) is 44.2 Å². The quantitative estimate of drug-likeness (QED) is 0.743. The Morgan fingerprint density at radius 2 is 1.67 bits per heavy atom. The minimum atomic E-state index is -0.586. The van der Waals surface area contributed by atoms with Crippen molar-refractivity contribution < 1.29 is 5.11 Å². The number of aliphatic hydroxyl groups is 1. The number of rotatable bonds is 1. The molecular weight excluding hydrogens is 184 g/mol. The number of benzene rings is 1. The van der Waals surface area contributed by atoms with Crippen LogP contribution in [0.3, 0.4) is 0 Å². The fraction of sp³-hybridized carbons (Fsp3) is 0.571. The lowest BCUT2D eigenvalue weighted by Crippen LogP contribution is -2.23. The van der Waals surface area contributed by atoms with Crippen LogP contribution in [0.2, 0.25) is 0 Å². The number of hydrogen-bond donors (Lipinski definition) is 1. The molecule has 1 nitrogen and oxygen atoms in total. The summed E-state index contributed by atoms with van der Waals surface area (Å²) in [5, 5.41) is 10.6. The zero-order valence-corrected chi connectivity index (χ0v) is 9.88. The molecule has 1 fully saturated rings. The summed E-state index contributed by atoms with van der Waals surface area (Å²) in [6.45, 7) is 6.55. The van der Waals surface area contributed by atoms with Crippen molar-refractivity contribution in [1.82, 2.24) is 0 Å². The first-order valence-electron chi connectivity index (χ1n) is 5.71. The van der Waals surface area contributed by atoms with Crippen LogP contribution in [-0.2, 0) is 5.60 Å². The molecule has 1 aliphatic carbocycles. The van der Waals surface area contributed by atoms with Crippen molar-refractivity contribution in [2.45, 2.75) is 45.6 Å². The van der Waals surface area contributed by atoms with E-state index in [-0.39, 0.29) is 5.41 Å². The molecule has 1 atom stereocenters. The summed E-state index contributed by atoms with van der Waals surface area (Å²) in [6.07, 6.45) is 2.88. The van der Waals surface area contributed by atoms with Gasteiger partial charge in [0.25, 0.3) is 0 Å². The Kier molecular flexibility index (Phi) is 2.38. The van der Waals surface area contributed by atoms with Crippen LogP contribution < -0.4 is 0 Å². The second-order valence-electron chi connectivity index (χ2n) is 5.74. The van der Waals surface area contributed by atoms with Crippen molar-refractivity contribution in [3.8, 4) is 0 Å². The van der Waals surface area contributed by atoms with Gasteiger partial charge in [-0.25, -0.2) is 0 Å². The molecule has 1 saturated carbocycles. The van der Waals surface area contributed by atoms with Crippen molar-refractivity contribution in [2.75, 3.05) is 0 Å². The number of aryl methyl sites for hydroxylation is 1. The normalized spacial score (nSPS) is 29.3. The van der Waals surface area contributed by atoms with E-state index in [2.05, 4.69) is 45.0 Å².